The number of carbonyl (C=O) groups excluding carboxylic acids is 1. The minimum absolute atomic E-state index is 0.180. The molecule has 0 aromatic rings. The summed E-state index contributed by atoms with van der Waals surface area (Å²) in [5, 5.41) is 6.28. The first kappa shape index (κ1) is 10.9. The molecule has 0 aromatic heterocycles. The number of amides is 1. The topological polar surface area (TPSA) is 50.4 Å². The van der Waals surface area contributed by atoms with Crippen LogP contribution < -0.4 is 10.6 Å². The fourth-order valence-electron chi connectivity index (χ4n) is 2.24. The molecular formula is C11H20N2O2. The van der Waals surface area contributed by atoms with Crippen molar-refractivity contribution in [3.63, 3.8) is 0 Å². The van der Waals surface area contributed by atoms with Gasteiger partial charge in [-0.3, -0.25) is 4.79 Å². The number of ether oxygens (including phenoxy) is 1. The van der Waals surface area contributed by atoms with E-state index in [2.05, 4.69) is 10.6 Å². The van der Waals surface area contributed by atoms with Gasteiger partial charge in [-0.15, -0.1) is 0 Å². The number of rotatable bonds is 4. The van der Waals surface area contributed by atoms with Gasteiger partial charge in [0.1, 0.15) is 0 Å². The maximum absolute atomic E-state index is 11.6. The van der Waals surface area contributed by atoms with E-state index in [1.54, 1.807) is 0 Å². The molecule has 2 saturated heterocycles. The molecule has 15 heavy (non-hydrogen) atoms. The van der Waals surface area contributed by atoms with Gasteiger partial charge in [-0.1, -0.05) is 0 Å². The predicted molar refractivity (Wildman–Crippen MR) is 57.6 cm³/mol. The highest BCUT2D eigenvalue weighted by Gasteiger charge is 2.19. The number of nitrogens with one attached hydrogen (secondary N) is 2. The third-order valence-corrected chi connectivity index (χ3v) is 3.14. The fourth-order valence-corrected chi connectivity index (χ4v) is 2.24. The largest absolute Gasteiger partial charge is 0.378 e. The molecule has 1 amide bonds. The predicted octanol–water partition coefficient (Wildman–Crippen LogP) is 0.424. The van der Waals surface area contributed by atoms with Gasteiger partial charge in [0.2, 0.25) is 5.91 Å². The Morgan fingerprint density at radius 1 is 1.47 bits per heavy atom. The molecule has 2 rings (SSSR count). The van der Waals surface area contributed by atoms with E-state index < -0.39 is 0 Å². The van der Waals surface area contributed by atoms with Crippen LogP contribution in [0, 0.1) is 0 Å². The molecule has 1 unspecified atom stereocenters. The smallest absolute Gasteiger partial charge is 0.220 e. The number of carbonyl (C=O) groups is 1. The van der Waals surface area contributed by atoms with Gasteiger partial charge in [-0.2, -0.15) is 0 Å². The molecule has 2 fully saturated rings. The Hall–Kier alpha value is -0.610. The molecule has 2 heterocycles. The van der Waals surface area contributed by atoms with Crippen LogP contribution in [0.3, 0.4) is 0 Å². The lowest BCUT2D eigenvalue weighted by atomic mass is 10.1. The first-order valence-electron chi connectivity index (χ1n) is 5.96. The van der Waals surface area contributed by atoms with E-state index in [4.69, 9.17) is 4.74 Å². The SMILES string of the molecule is O=C(CCC1CCCO1)N[C@@H]1CCNC1. The summed E-state index contributed by atoms with van der Waals surface area (Å²) in [5.74, 6) is 0.180. The lowest BCUT2D eigenvalue weighted by molar-refractivity contribution is -0.122. The molecule has 2 aliphatic heterocycles. The lowest BCUT2D eigenvalue weighted by Gasteiger charge is -2.12. The van der Waals surface area contributed by atoms with Crippen molar-refractivity contribution in [2.24, 2.45) is 0 Å². The maximum atomic E-state index is 11.6. The third kappa shape index (κ3) is 3.47. The molecule has 0 aromatic carbocycles. The number of hydrogen-bond acceptors (Lipinski definition) is 3. The van der Waals surface area contributed by atoms with Crippen molar-refractivity contribution in [1.82, 2.24) is 10.6 Å². The highest BCUT2D eigenvalue weighted by Crippen LogP contribution is 2.16. The summed E-state index contributed by atoms with van der Waals surface area (Å²) >= 11 is 0. The van der Waals surface area contributed by atoms with Gasteiger partial charge in [0, 0.05) is 25.6 Å². The van der Waals surface area contributed by atoms with Crippen molar-refractivity contribution in [1.29, 1.82) is 0 Å². The Balaban J connectivity index is 1.59. The summed E-state index contributed by atoms with van der Waals surface area (Å²) in [6, 6.07) is 0.349. The molecule has 86 valence electrons. The first-order chi connectivity index (χ1) is 7.34. The van der Waals surface area contributed by atoms with Gasteiger partial charge in [-0.25, -0.2) is 0 Å². The van der Waals surface area contributed by atoms with E-state index in [0.29, 0.717) is 18.6 Å². The lowest BCUT2D eigenvalue weighted by Crippen LogP contribution is -2.36. The van der Waals surface area contributed by atoms with Crippen LogP contribution in [0.4, 0.5) is 0 Å². The van der Waals surface area contributed by atoms with Gasteiger partial charge < -0.3 is 15.4 Å². The molecule has 0 saturated carbocycles. The Labute approximate surface area is 90.8 Å². The molecule has 0 aliphatic carbocycles. The van der Waals surface area contributed by atoms with Gasteiger partial charge >= 0.3 is 0 Å². The van der Waals surface area contributed by atoms with Crippen LogP contribution in [0.5, 0.6) is 0 Å². The zero-order valence-corrected chi connectivity index (χ0v) is 9.13. The summed E-state index contributed by atoms with van der Waals surface area (Å²) in [6.07, 6.45) is 5.16. The van der Waals surface area contributed by atoms with Crippen LogP contribution in [-0.2, 0) is 9.53 Å². The highest BCUT2D eigenvalue weighted by molar-refractivity contribution is 5.76. The van der Waals surface area contributed by atoms with Crippen LogP contribution >= 0.6 is 0 Å². The summed E-state index contributed by atoms with van der Waals surface area (Å²) < 4.78 is 5.48. The highest BCUT2D eigenvalue weighted by atomic mass is 16.5. The summed E-state index contributed by atoms with van der Waals surface area (Å²) in [7, 11) is 0. The summed E-state index contributed by atoms with van der Waals surface area (Å²) in [4.78, 5) is 11.6. The third-order valence-electron chi connectivity index (χ3n) is 3.14. The Morgan fingerprint density at radius 2 is 2.40 bits per heavy atom. The zero-order valence-electron chi connectivity index (χ0n) is 9.13. The van der Waals surface area contributed by atoms with Crippen LogP contribution in [0.25, 0.3) is 0 Å². The monoisotopic (exact) mass is 212 g/mol. The molecule has 0 bridgehead atoms. The molecule has 0 radical (unpaired) electrons. The molecule has 2 aliphatic rings. The molecular weight excluding hydrogens is 192 g/mol. The Bertz CT molecular complexity index is 209. The normalized spacial score (nSPS) is 30.7. The van der Waals surface area contributed by atoms with Gasteiger partial charge in [0.15, 0.2) is 0 Å². The second-order valence-electron chi connectivity index (χ2n) is 4.43. The van der Waals surface area contributed by atoms with Crippen LogP contribution in [0.2, 0.25) is 0 Å². The van der Waals surface area contributed by atoms with Crippen molar-refractivity contribution >= 4 is 5.91 Å². The second-order valence-corrected chi connectivity index (χ2v) is 4.43. The van der Waals surface area contributed by atoms with E-state index in [-0.39, 0.29) is 5.91 Å². The zero-order chi connectivity index (χ0) is 10.5. The Morgan fingerprint density at radius 3 is 3.07 bits per heavy atom. The van der Waals surface area contributed by atoms with Crippen molar-refractivity contribution in [2.75, 3.05) is 19.7 Å². The van der Waals surface area contributed by atoms with Crippen molar-refractivity contribution in [3.8, 4) is 0 Å². The summed E-state index contributed by atoms with van der Waals surface area (Å²) in [5.41, 5.74) is 0. The summed E-state index contributed by atoms with van der Waals surface area (Å²) in [6.45, 7) is 2.82. The van der Waals surface area contributed by atoms with E-state index in [9.17, 15) is 4.79 Å². The van der Waals surface area contributed by atoms with Gasteiger partial charge in [-0.05, 0) is 32.2 Å². The van der Waals surface area contributed by atoms with Gasteiger partial charge in [0.05, 0.1) is 6.10 Å². The van der Waals surface area contributed by atoms with Crippen molar-refractivity contribution in [2.45, 2.75) is 44.2 Å². The minimum atomic E-state index is 0.180. The van der Waals surface area contributed by atoms with E-state index in [1.165, 1.54) is 0 Å². The quantitative estimate of drug-likeness (QED) is 0.710. The molecule has 2 atom stereocenters. The average molecular weight is 212 g/mol. The van der Waals surface area contributed by atoms with E-state index in [0.717, 1.165) is 45.4 Å². The second kappa shape index (κ2) is 5.47. The van der Waals surface area contributed by atoms with Crippen LogP contribution in [0.1, 0.15) is 32.1 Å². The Kier molecular flexibility index (Phi) is 3.97. The maximum Gasteiger partial charge on any atom is 0.220 e. The van der Waals surface area contributed by atoms with E-state index in [1.807, 2.05) is 0 Å². The van der Waals surface area contributed by atoms with Crippen LogP contribution in [-0.4, -0.2) is 37.7 Å². The molecule has 4 heteroatoms. The molecule has 2 N–H and O–H groups in total. The van der Waals surface area contributed by atoms with Crippen LogP contribution in [0.15, 0.2) is 0 Å². The van der Waals surface area contributed by atoms with Crippen molar-refractivity contribution in [3.05, 3.63) is 0 Å². The number of hydrogen-bond donors (Lipinski definition) is 2. The standard InChI is InChI=1S/C11H20N2O2/c14-11(13-9-5-6-12-8-9)4-3-10-2-1-7-15-10/h9-10,12H,1-8H2,(H,13,14)/t9-,10?/m1/s1. The molecule has 4 nitrogen and oxygen atoms in total. The molecule has 0 spiro atoms. The minimum Gasteiger partial charge on any atom is -0.378 e. The fraction of sp³-hybridized carbons (Fsp3) is 0.909. The first-order valence-corrected chi connectivity index (χ1v) is 5.96. The van der Waals surface area contributed by atoms with E-state index >= 15 is 0 Å². The average Bonchev–Trinajstić information content (AvgIpc) is 2.86. The van der Waals surface area contributed by atoms with Crippen molar-refractivity contribution < 1.29 is 9.53 Å². The van der Waals surface area contributed by atoms with Gasteiger partial charge in [0.25, 0.3) is 0 Å².